The molecular formula is C10H9F2IO2. The summed E-state index contributed by atoms with van der Waals surface area (Å²) >= 11 is 1.92. The van der Waals surface area contributed by atoms with Gasteiger partial charge in [0, 0.05) is 6.42 Å². The second kappa shape index (κ2) is 5.99. The van der Waals surface area contributed by atoms with E-state index in [9.17, 15) is 13.6 Å². The highest BCUT2D eigenvalue weighted by atomic mass is 127. The first kappa shape index (κ1) is 12.4. The quantitative estimate of drug-likeness (QED) is 0.614. The van der Waals surface area contributed by atoms with Crippen LogP contribution in [-0.2, 0) is 11.2 Å². The van der Waals surface area contributed by atoms with E-state index in [-0.39, 0.29) is 5.75 Å². The van der Waals surface area contributed by atoms with Crippen molar-refractivity contribution in [2.75, 3.05) is 0 Å². The van der Waals surface area contributed by atoms with E-state index in [4.69, 9.17) is 0 Å². The van der Waals surface area contributed by atoms with Crippen molar-refractivity contribution in [3.63, 3.8) is 0 Å². The molecule has 0 unspecified atom stereocenters. The first-order valence-corrected chi connectivity index (χ1v) is 5.39. The molecule has 82 valence electrons. The van der Waals surface area contributed by atoms with Crippen LogP contribution in [0.4, 0.5) is 8.78 Å². The summed E-state index contributed by atoms with van der Waals surface area (Å²) in [7, 11) is 0. The van der Waals surface area contributed by atoms with E-state index in [1.54, 1.807) is 18.2 Å². The molecule has 0 aliphatic rings. The fourth-order valence-corrected chi connectivity index (χ4v) is 1.87. The van der Waals surface area contributed by atoms with Crippen molar-refractivity contribution in [2.24, 2.45) is 0 Å². The fourth-order valence-electron chi connectivity index (χ4n) is 1.19. The number of aldehydes is 1. The predicted molar refractivity (Wildman–Crippen MR) is 60.2 cm³/mol. The summed E-state index contributed by atoms with van der Waals surface area (Å²) in [5.41, 5.74) is 0.634. The molecule has 1 rings (SSSR count). The lowest BCUT2D eigenvalue weighted by Crippen LogP contribution is -2.06. The molecule has 0 radical (unpaired) electrons. The Kier molecular flexibility index (Phi) is 4.93. The Morgan fingerprint density at radius 3 is 2.80 bits per heavy atom. The fraction of sp³-hybridized carbons (Fsp3) is 0.300. The zero-order valence-corrected chi connectivity index (χ0v) is 9.91. The summed E-state index contributed by atoms with van der Waals surface area (Å²) in [4.78, 5) is 10.2. The third-order valence-corrected chi connectivity index (χ3v) is 2.64. The van der Waals surface area contributed by atoms with Gasteiger partial charge in [-0.1, -0.05) is 12.1 Å². The maximum Gasteiger partial charge on any atom is 0.387 e. The molecule has 2 nitrogen and oxygen atoms in total. The SMILES string of the molecule is O=CCCc1cccc(I)c1OC(F)F. The first-order chi connectivity index (χ1) is 7.15. The lowest BCUT2D eigenvalue weighted by atomic mass is 10.1. The van der Waals surface area contributed by atoms with Gasteiger partial charge in [0.25, 0.3) is 0 Å². The number of alkyl halides is 2. The van der Waals surface area contributed by atoms with Crippen molar-refractivity contribution in [3.8, 4) is 5.75 Å². The van der Waals surface area contributed by atoms with E-state index in [2.05, 4.69) is 4.74 Å². The van der Waals surface area contributed by atoms with Gasteiger partial charge in [0.05, 0.1) is 3.57 Å². The highest BCUT2D eigenvalue weighted by Gasteiger charge is 2.12. The Morgan fingerprint density at radius 1 is 1.47 bits per heavy atom. The Bertz CT molecular complexity index is 342. The predicted octanol–water partition coefficient (Wildman–Crippen LogP) is 3.02. The Labute approximate surface area is 99.8 Å². The summed E-state index contributed by atoms with van der Waals surface area (Å²) in [6.07, 6.45) is 1.48. The zero-order chi connectivity index (χ0) is 11.3. The average molecular weight is 326 g/mol. The van der Waals surface area contributed by atoms with E-state index in [1.807, 2.05) is 22.6 Å². The van der Waals surface area contributed by atoms with Crippen molar-refractivity contribution in [1.29, 1.82) is 0 Å². The minimum absolute atomic E-state index is 0.176. The number of carbonyl (C=O) groups is 1. The van der Waals surface area contributed by atoms with Crippen molar-refractivity contribution >= 4 is 28.9 Å². The second-order valence-electron chi connectivity index (χ2n) is 2.81. The van der Waals surface area contributed by atoms with Gasteiger partial charge in [-0.05, 0) is 40.6 Å². The molecule has 1 aromatic carbocycles. The number of rotatable bonds is 5. The van der Waals surface area contributed by atoms with Gasteiger partial charge in [-0.3, -0.25) is 0 Å². The summed E-state index contributed by atoms with van der Waals surface area (Å²) in [6, 6.07) is 5.12. The summed E-state index contributed by atoms with van der Waals surface area (Å²) in [5, 5.41) is 0. The van der Waals surface area contributed by atoms with Crippen LogP contribution in [0.3, 0.4) is 0 Å². The van der Waals surface area contributed by atoms with Gasteiger partial charge in [0.2, 0.25) is 0 Å². The van der Waals surface area contributed by atoms with E-state index in [1.165, 1.54) is 0 Å². The number of hydrogen-bond donors (Lipinski definition) is 0. The van der Waals surface area contributed by atoms with Crippen LogP contribution >= 0.6 is 22.6 Å². The number of ether oxygens (including phenoxy) is 1. The van der Waals surface area contributed by atoms with E-state index >= 15 is 0 Å². The monoisotopic (exact) mass is 326 g/mol. The second-order valence-corrected chi connectivity index (χ2v) is 3.97. The van der Waals surface area contributed by atoms with Gasteiger partial charge in [0.15, 0.2) is 0 Å². The van der Waals surface area contributed by atoms with Crippen LogP contribution in [0, 0.1) is 3.57 Å². The van der Waals surface area contributed by atoms with E-state index < -0.39 is 6.61 Å². The highest BCUT2D eigenvalue weighted by Crippen LogP contribution is 2.28. The van der Waals surface area contributed by atoms with Gasteiger partial charge in [0.1, 0.15) is 12.0 Å². The number of para-hydroxylation sites is 1. The smallest absolute Gasteiger partial charge is 0.387 e. The number of aryl methyl sites for hydroxylation is 1. The molecule has 0 spiro atoms. The molecule has 0 aliphatic heterocycles. The molecule has 0 aliphatic carbocycles. The number of benzene rings is 1. The van der Waals surface area contributed by atoms with Gasteiger partial charge in [-0.15, -0.1) is 0 Å². The largest absolute Gasteiger partial charge is 0.433 e. The van der Waals surface area contributed by atoms with Crippen molar-refractivity contribution in [3.05, 3.63) is 27.3 Å². The molecule has 5 heteroatoms. The summed E-state index contributed by atoms with van der Waals surface area (Å²) in [5.74, 6) is 0.176. The topological polar surface area (TPSA) is 26.3 Å². The lowest BCUT2D eigenvalue weighted by molar-refractivity contribution is -0.107. The maximum absolute atomic E-state index is 12.1. The molecule has 0 aromatic heterocycles. The molecule has 0 atom stereocenters. The van der Waals surface area contributed by atoms with Crippen LogP contribution in [0.5, 0.6) is 5.75 Å². The normalized spacial score (nSPS) is 10.4. The summed E-state index contributed by atoms with van der Waals surface area (Å²) < 4.78 is 29.3. The van der Waals surface area contributed by atoms with Crippen molar-refractivity contribution in [1.82, 2.24) is 0 Å². The summed E-state index contributed by atoms with van der Waals surface area (Å²) in [6.45, 7) is -2.84. The third kappa shape index (κ3) is 3.73. The minimum Gasteiger partial charge on any atom is -0.433 e. The molecule has 0 heterocycles. The molecule has 0 bridgehead atoms. The Balaban J connectivity index is 2.91. The van der Waals surface area contributed by atoms with Crippen LogP contribution in [0.1, 0.15) is 12.0 Å². The van der Waals surface area contributed by atoms with Gasteiger partial charge in [-0.2, -0.15) is 8.78 Å². The minimum atomic E-state index is -2.84. The standard InChI is InChI=1S/C10H9F2IO2/c11-10(12)15-9-7(4-2-6-14)3-1-5-8(9)13/h1,3,5-6,10H,2,4H2. The van der Waals surface area contributed by atoms with Gasteiger partial charge in [-0.25, -0.2) is 0 Å². The van der Waals surface area contributed by atoms with Gasteiger partial charge < -0.3 is 9.53 Å². The van der Waals surface area contributed by atoms with Crippen LogP contribution in [0.15, 0.2) is 18.2 Å². The molecule has 0 N–H and O–H groups in total. The number of halogens is 3. The zero-order valence-electron chi connectivity index (χ0n) is 7.75. The highest BCUT2D eigenvalue weighted by molar-refractivity contribution is 14.1. The maximum atomic E-state index is 12.1. The molecule has 0 amide bonds. The van der Waals surface area contributed by atoms with Crippen LogP contribution in [0.2, 0.25) is 0 Å². The molecule has 0 saturated heterocycles. The molecule has 15 heavy (non-hydrogen) atoms. The number of hydrogen-bond acceptors (Lipinski definition) is 2. The molecule has 0 fully saturated rings. The number of carbonyl (C=O) groups excluding carboxylic acids is 1. The van der Waals surface area contributed by atoms with E-state index in [0.717, 1.165) is 6.29 Å². The Morgan fingerprint density at radius 2 is 2.20 bits per heavy atom. The van der Waals surface area contributed by atoms with Crippen molar-refractivity contribution in [2.45, 2.75) is 19.5 Å². The van der Waals surface area contributed by atoms with Crippen LogP contribution in [-0.4, -0.2) is 12.9 Å². The van der Waals surface area contributed by atoms with Gasteiger partial charge >= 0.3 is 6.61 Å². The molecule has 0 saturated carbocycles. The lowest BCUT2D eigenvalue weighted by Gasteiger charge is -2.11. The Hall–Kier alpha value is -0.720. The average Bonchev–Trinajstić information content (AvgIpc) is 2.18. The third-order valence-electron chi connectivity index (χ3n) is 1.79. The molecular weight excluding hydrogens is 317 g/mol. The van der Waals surface area contributed by atoms with Crippen molar-refractivity contribution < 1.29 is 18.3 Å². The van der Waals surface area contributed by atoms with Crippen LogP contribution < -0.4 is 4.74 Å². The van der Waals surface area contributed by atoms with E-state index in [0.29, 0.717) is 22.0 Å². The van der Waals surface area contributed by atoms with Crippen LogP contribution in [0.25, 0.3) is 0 Å². The molecule has 1 aromatic rings. The first-order valence-electron chi connectivity index (χ1n) is 4.31.